The van der Waals surface area contributed by atoms with Gasteiger partial charge in [-0.15, -0.1) is 0 Å². The molecule has 1 fully saturated rings. The van der Waals surface area contributed by atoms with Gasteiger partial charge >= 0.3 is 0 Å². The fourth-order valence-corrected chi connectivity index (χ4v) is 3.06. The van der Waals surface area contributed by atoms with Crippen LogP contribution in [0.2, 0.25) is 5.15 Å². The Morgan fingerprint density at radius 1 is 1.42 bits per heavy atom. The molecule has 3 nitrogen and oxygen atoms in total. The molecule has 1 amide bonds. The van der Waals surface area contributed by atoms with Crippen molar-refractivity contribution in [3.8, 4) is 0 Å². The lowest BCUT2D eigenvalue weighted by Gasteiger charge is -2.23. The molecule has 0 spiro atoms. The molecule has 1 heterocycles. The minimum absolute atomic E-state index is 0.127. The van der Waals surface area contributed by atoms with Crippen molar-refractivity contribution in [2.45, 2.75) is 45.1 Å². The average molecular weight is 346 g/mol. The Kier molecular flexibility index (Phi) is 5.22. The lowest BCUT2D eigenvalue weighted by molar-refractivity contribution is 0.0921. The summed E-state index contributed by atoms with van der Waals surface area (Å²) >= 11 is 9.30. The minimum Gasteiger partial charge on any atom is -0.349 e. The van der Waals surface area contributed by atoms with Crippen molar-refractivity contribution in [3.05, 3.63) is 27.5 Å². The highest BCUT2D eigenvalue weighted by Gasteiger charge is 2.23. The molecule has 0 bridgehead atoms. The van der Waals surface area contributed by atoms with Crippen molar-refractivity contribution in [3.63, 3.8) is 0 Å². The molecular weight excluding hydrogens is 328 g/mol. The number of carbonyl (C=O) groups excluding carboxylic acids is 1. The van der Waals surface area contributed by atoms with Gasteiger partial charge in [-0.25, -0.2) is 4.98 Å². The first-order valence-electron chi connectivity index (χ1n) is 6.70. The summed E-state index contributed by atoms with van der Waals surface area (Å²) in [5.41, 5.74) is 0.437. The zero-order valence-corrected chi connectivity index (χ0v) is 13.3. The van der Waals surface area contributed by atoms with Crippen molar-refractivity contribution in [1.82, 2.24) is 10.3 Å². The van der Waals surface area contributed by atoms with Gasteiger partial charge in [-0.1, -0.05) is 37.8 Å². The molecule has 5 heteroatoms. The Morgan fingerprint density at radius 2 is 2.16 bits per heavy atom. The number of amides is 1. The number of aromatic nitrogens is 1. The van der Waals surface area contributed by atoms with Crippen molar-refractivity contribution in [2.24, 2.45) is 5.92 Å². The van der Waals surface area contributed by atoms with Crippen LogP contribution in [-0.2, 0) is 0 Å². The Bertz CT molecular complexity index is 467. The van der Waals surface area contributed by atoms with E-state index in [1.165, 1.54) is 25.7 Å². The van der Waals surface area contributed by atoms with Crippen LogP contribution < -0.4 is 5.32 Å². The SMILES string of the molecule is CC1CCCCCC1NC(=O)c1cc(Br)cnc1Cl. The lowest BCUT2D eigenvalue weighted by Crippen LogP contribution is -2.39. The third-order valence-corrected chi connectivity index (χ3v) is 4.46. The van der Waals surface area contributed by atoms with E-state index in [9.17, 15) is 4.79 Å². The fourth-order valence-electron chi connectivity index (χ4n) is 2.54. The monoisotopic (exact) mass is 344 g/mol. The number of hydrogen-bond donors (Lipinski definition) is 1. The summed E-state index contributed by atoms with van der Waals surface area (Å²) in [6.07, 6.45) is 7.51. The maximum Gasteiger partial charge on any atom is 0.254 e. The number of nitrogens with zero attached hydrogens (tertiary/aromatic N) is 1. The Morgan fingerprint density at radius 3 is 2.95 bits per heavy atom. The number of halogens is 2. The quantitative estimate of drug-likeness (QED) is 0.645. The number of hydrogen-bond acceptors (Lipinski definition) is 2. The molecule has 104 valence electrons. The van der Waals surface area contributed by atoms with Gasteiger partial charge in [0.1, 0.15) is 5.15 Å². The topological polar surface area (TPSA) is 42.0 Å². The van der Waals surface area contributed by atoms with Gasteiger partial charge in [0.25, 0.3) is 5.91 Å². The Hall–Kier alpha value is -0.610. The highest BCUT2D eigenvalue weighted by atomic mass is 79.9. The normalized spacial score (nSPS) is 23.7. The van der Waals surface area contributed by atoms with Crippen LogP contribution in [0.25, 0.3) is 0 Å². The molecule has 0 aliphatic heterocycles. The average Bonchev–Trinajstić information content (AvgIpc) is 2.58. The van der Waals surface area contributed by atoms with Crippen LogP contribution in [0.3, 0.4) is 0 Å². The number of carbonyl (C=O) groups is 1. The van der Waals surface area contributed by atoms with Gasteiger partial charge in [0.05, 0.1) is 5.56 Å². The van der Waals surface area contributed by atoms with E-state index in [0.717, 1.165) is 10.9 Å². The van der Waals surface area contributed by atoms with Gasteiger partial charge in [0.15, 0.2) is 0 Å². The number of rotatable bonds is 2. The Balaban J connectivity index is 2.09. The minimum atomic E-state index is -0.127. The lowest BCUT2D eigenvalue weighted by atomic mass is 9.97. The summed E-state index contributed by atoms with van der Waals surface area (Å²) < 4.78 is 0.760. The van der Waals surface area contributed by atoms with Crippen LogP contribution in [0.1, 0.15) is 49.4 Å². The van der Waals surface area contributed by atoms with Crippen LogP contribution in [0.4, 0.5) is 0 Å². The number of nitrogens with one attached hydrogen (secondary N) is 1. The maximum atomic E-state index is 12.3. The molecule has 1 aromatic heterocycles. The molecule has 1 aliphatic rings. The van der Waals surface area contributed by atoms with E-state index in [2.05, 4.69) is 33.2 Å². The van der Waals surface area contributed by atoms with Crippen molar-refractivity contribution < 1.29 is 4.79 Å². The smallest absolute Gasteiger partial charge is 0.254 e. The van der Waals surface area contributed by atoms with Gasteiger partial charge in [0.2, 0.25) is 0 Å². The van der Waals surface area contributed by atoms with Crippen LogP contribution in [-0.4, -0.2) is 16.9 Å². The second-order valence-electron chi connectivity index (χ2n) is 5.19. The number of pyridine rings is 1. The van der Waals surface area contributed by atoms with Crippen LogP contribution >= 0.6 is 27.5 Å². The molecular formula is C14H18BrClN2O. The molecule has 2 unspecified atom stereocenters. The van der Waals surface area contributed by atoms with Crippen LogP contribution in [0.5, 0.6) is 0 Å². The predicted octanol–water partition coefficient (Wildman–Crippen LogP) is 4.20. The molecule has 0 saturated heterocycles. The summed E-state index contributed by atoms with van der Waals surface area (Å²) in [7, 11) is 0. The fraction of sp³-hybridized carbons (Fsp3) is 0.571. The summed E-state index contributed by atoms with van der Waals surface area (Å²) in [5.74, 6) is 0.392. The molecule has 1 aromatic rings. The zero-order valence-electron chi connectivity index (χ0n) is 11.0. The molecule has 1 aliphatic carbocycles. The van der Waals surface area contributed by atoms with E-state index in [4.69, 9.17) is 11.6 Å². The van der Waals surface area contributed by atoms with E-state index in [0.29, 0.717) is 11.5 Å². The van der Waals surface area contributed by atoms with E-state index in [-0.39, 0.29) is 17.1 Å². The standard InChI is InChI=1S/C14H18BrClN2O/c1-9-5-3-2-4-6-12(9)18-14(19)11-7-10(15)8-17-13(11)16/h7-9,12H,2-6H2,1H3,(H,18,19). The first-order valence-corrected chi connectivity index (χ1v) is 7.87. The van der Waals surface area contributed by atoms with Gasteiger partial charge in [-0.3, -0.25) is 4.79 Å². The molecule has 2 rings (SSSR count). The zero-order chi connectivity index (χ0) is 13.8. The van der Waals surface area contributed by atoms with E-state index in [1.807, 2.05) is 0 Å². The first kappa shape index (κ1) is 14.8. The predicted molar refractivity (Wildman–Crippen MR) is 80.5 cm³/mol. The van der Waals surface area contributed by atoms with Gasteiger partial charge in [-0.2, -0.15) is 0 Å². The first-order chi connectivity index (χ1) is 9.08. The highest BCUT2D eigenvalue weighted by molar-refractivity contribution is 9.10. The van der Waals surface area contributed by atoms with E-state index >= 15 is 0 Å². The third kappa shape index (κ3) is 3.93. The van der Waals surface area contributed by atoms with Crippen molar-refractivity contribution >= 4 is 33.4 Å². The maximum absolute atomic E-state index is 12.3. The van der Waals surface area contributed by atoms with E-state index < -0.39 is 0 Å². The van der Waals surface area contributed by atoms with Crippen molar-refractivity contribution in [1.29, 1.82) is 0 Å². The Labute approximate surface area is 127 Å². The van der Waals surface area contributed by atoms with Crippen LogP contribution in [0, 0.1) is 5.92 Å². The summed E-state index contributed by atoms with van der Waals surface area (Å²) in [5, 5.41) is 3.36. The molecule has 19 heavy (non-hydrogen) atoms. The second kappa shape index (κ2) is 6.71. The van der Waals surface area contributed by atoms with Gasteiger partial charge in [0, 0.05) is 16.7 Å². The molecule has 0 aromatic carbocycles. The van der Waals surface area contributed by atoms with Gasteiger partial charge in [-0.05, 0) is 40.8 Å². The van der Waals surface area contributed by atoms with E-state index in [1.54, 1.807) is 12.3 Å². The molecule has 0 radical (unpaired) electrons. The third-order valence-electron chi connectivity index (χ3n) is 3.73. The van der Waals surface area contributed by atoms with Gasteiger partial charge < -0.3 is 5.32 Å². The summed E-state index contributed by atoms with van der Waals surface area (Å²) in [4.78, 5) is 16.3. The molecule has 2 atom stereocenters. The summed E-state index contributed by atoms with van der Waals surface area (Å²) in [6.45, 7) is 2.21. The van der Waals surface area contributed by atoms with Crippen LogP contribution in [0.15, 0.2) is 16.7 Å². The molecule has 1 N–H and O–H groups in total. The molecule has 1 saturated carbocycles. The summed E-state index contributed by atoms with van der Waals surface area (Å²) in [6, 6.07) is 1.96. The highest BCUT2D eigenvalue weighted by Crippen LogP contribution is 2.24. The second-order valence-corrected chi connectivity index (χ2v) is 6.46. The largest absolute Gasteiger partial charge is 0.349 e. The van der Waals surface area contributed by atoms with Crippen molar-refractivity contribution in [2.75, 3.05) is 0 Å².